The molecule has 2 aromatic rings. The van der Waals surface area contributed by atoms with Crippen LogP contribution in [0.4, 0.5) is 5.69 Å². The Morgan fingerprint density at radius 1 is 1.38 bits per heavy atom. The zero-order valence-electron chi connectivity index (χ0n) is 12.3. The topological polar surface area (TPSA) is 80.3 Å². The van der Waals surface area contributed by atoms with E-state index in [1.165, 1.54) is 0 Å². The predicted molar refractivity (Wildman–Crippen MR) is 82.9 cm³/mol. The van der Waals surface area contributed by atoms with Gasteiger partial charge in [0.05, 0.1) is 12.0 Å². The summed E-state index contributed by atoms with van der Waals surface area (Å²) in [5.41, 5.74) is 4.99. The molecule has 112 valence electrons. The molecule has 0 saturated heterocycles. The summed E-state index contributed by atoms with van der Waals surface area (Å²) in [4.78, 5) is 12.2. The Morgan fingerprint density at radius 2 is 2.19 bits per heavy atom. The molecular weight excluding hydrogens is 266 g/mol. The highest BCUT2D eigenvalue weighted by Crippen LogP contribution is 2.15. The number of furan rings is 1. The van der Waals surface area contributed by atoms with Gasteiger partial charge in [0.25, 0.3) is 5.91 Å². The van der Waals surface area contributed by atoms with Gasteiger partial charge >= 0.3 is 0 Å². The second-order valence-electron chi connectivity index (χ2n) is 5.17. The lowest BCUT2D eigenvalue weighted by molar-refractivity contribution is 0.0938. The van der Waals surface area contributed by atoms with Crippen molar-refractivity contribution < 1.29 is 9.21 Å². The fourth-order valence-electron chi connectivity index (χ4n) is 2.16. The van der Waals surface area contributed by atoms with E-state index >= 15 is 0 Å². The van der Waals surface area contributed by atoms with E-state index in [9.17, 15) is 4.79 Å². The highest BCUT2D eigenvalue weighted by atomic mass is 16.3. The Bertz CT molecular complexity index is 594. The summed E-state index contributed by atoms with van der Waals surface area (Å²) in [6.07, 6.45) is 3.30. The second kappa shape index (κ2) is 6.95. The average Bonchev–Trinajstić information content (AvgIpc) is 2.98. The fraction of sp³-hybridized carbons (Fsp3) is 0.312. The number of amides is 1. The van der Waals surface area contributed by atoms with Gasteiger partial charge in [-0.15, -0.1) is 0 Å². The van der Waals surface area contributed by atoms with E-state index in [0.717, 1.165) is 29.9 Å². The van der Waals surface area contributed by atoms with Crippen LogP contribution in [0.1, 0.15) is 35.0 Å². The number of carbonyl (C=O) groups is 1. The van der Waals surface area contributed by atoms with Gasteiger partial charge in [0.1, 0.15) is 5.76 Å². The van der Waals surface area contributed by atoms with Gasteiger partial charge < -0.3 is 15.2 Å². The number of carbonyl (C=O) groups excluding carboxylic acids is 1. The van der Waals surface area contributed by atoms with Gasteiger partial charge in [0.2, 0.25) is 0 Å². The molecule has 0 aliphatic heterocycles. The number of hydrazine groups is 1. The van der Waals surface area contributed by atoms with Crippen molar-refractivity contribution in [2.45, 2.75) is 32.7 Å². The number of nitrogen functional groups attached to an aromatic ring is 1. The summed E-state index contributed by atoms with van der Waals surface area (Å²) in [7, 11) is 0. The molecule has 21 heavy (non-hydrogen) atoms. The molecule has 1 aromatic heterocycles. The number of hydrogen-bond donors (Lipinski definition) is 3. The molecule has 1 heterocycles. The number of hydrogen-bond acceptors (Lipinski definition) is 4. The van der Waals surface area contributed by atoms with Crippen molar-refractivity contribution in [3.63, 3.8) is 0 Å². The van der Waals surface area contributed by atoms with Crippen LogP contribution in [0.25, 0.3) is 0 Å². The van der Waals surface area contributed by atoms with Gasteiger partial charge in [0.15, 0.2) is 0 Å². The van der Waals surface area contributed by atoms with E-state index in [1.54, 1.807) is 18.4 Å². The largest absolute Gasteiger partial charge is 0.469 e. The first-order valence-corrected chi connectivity index (χ1v) is 7.00. The molecule has 1 unspecified atom stereocenters. The van der Waals surface area contributed by atoms with E-state index in [2.05, 4.69) is 10.7 Å². The van der Waals surface area contributed by atoms with Gasteiger partial charge in [-0.1, -0.05) is 0 Å². The Labute approximate surface area is 124 Å². The molecule has 1 atom stereocenters. The van der Waals surface area contributed by atoms with Crippen LogP contribution >= 0.6 is 0 Å². The first-order valence-electron chi connectivity index (χ1n) is 7.00. The van der Waals surface area contributed by atoms with Crippen LogP contribution in [0.5, 0.6) is 0 Å². The molecule has 4 N–H and O–H groups in total. The molecule has 5 heteroatoms. The summed E-state index contributed by atoms with van der Waals surface area (Å²) in [5.74, 6) is 6.24. The lowest BCUT2D eigenvalue weighted by atomic mass is 10.1. The summed E-state index contributed by atoms with van der Waals surface area (Å²) < 4.78 is 5.28. The van der Waals surface area contributed by atoms with E-state index in [1.807, 2.05) is 32.0 Å². The molecule has 0 saturated carbocycles. The molecule has 0 aliphatic rings. The molecule has 1 aromatic carbocycles. The molecule has 0 spiro atoms. The van der Waals surface area contributed by atoms with Gasteiger partial charge in [-0.25, -0.2) is 0 Å². The van der Waals surface area contributed by atoms with Gasteiger partial charge in [-0.05, 0) is 56.2 Å². The van der Waals surface area contributed by atoms with Gasteiger partial charge in [0, 0.05) is 18.0 Å². The number of anilines is 1. The van der Waals surface area contributed by atoms with Crippen LogP contribution < -0.4 is 16.6 Å². The Hall–Kier alpha value is -2.27. The normalized spacial score (nSPS) is 12.0. The smallest absolute Gasteiger partial charge is 0.251 e. The summed E-state index contributed by atoms with van der Waals surface area (Å²) >= 11 is 0. The quantitative estimate of drug-likeness (QED) is 0.563. The summed E-state index contributed by atoms with van der Waals surface area (Å²) in [6.45, 7) is 3.90. The number of nitrogens with one attached hydrogen (secondary N) is 2. The monoisotopic (exact) mass is 287 g/mol. The van der Waals surface area contributed by atoms with Crippen LogP contribution in [0.2, 0.25) is 0 Å². The van der Waals surface area contributed by atoms with E-state index < -0.39 is 0 Å². The van der Waals surface area contributed by atoms with E-state index in [0.29, 0.717) is 5.56 Å². The third-order valence-electron chi connectivity index (χ3n) is 3.43. The molecule has 5 nitrogen and oxygen atoms in total. The lowest BCUT2D eigenvalue weighted by Gasteiger charge is -2.14. The van der Waals surface area contributed by atoms with Crippen molar-refractivity contribution >= 4 is 11.6 Å². The van der Waals surface area contributed by atoms with Crippen molar-refractivity contribution in [1.29, 1.82) is 0 Å². The number of nitrogens with two attached hydrogens (primary N) is 1. The van der Waals surface area contributed by atoms with Crippen LogP contribution in [-0.4, -0.2) is 11.9 Å². The summed E-state index contributed by atoms with van der Waals surface area (Å²) in [6, 6.07) is 9.28. The first-order chi connectivity index (χ1) is 10.1. The Morgan fingerprint density at radius 3 is 2.81 bits per heavy atom. The van der Waals surface area contributed by atoms with Crippen molar-refractivity contribution in [3.8, 4) is 0 Å². The highest BCUT2D eigenvalue weighted by molar-refractivity contribution is 5.95. The predicted octanol–water partition coefficient (Wildman–Crippen LogP) is 2.62. The Kier molecular flexibility index (Phi) is 5.00. The average molecular weight is 287 g/mol. The maximum atomic E-state index is 12.2. The molecule has 0 bridgehead atoms. The molecule has 0 aliphatic carbocycles. The number of aryl methyl sites for hydroxylation is 2. The first kappa shape index (κ1) is 15.1. The van der Waals surface area contributed by atoms with Crippen LogP contribution in [0, 0.1) is 6.92 Å². The summed E-state index contributed by atoms with van der Waals surface area (Å²) in [5, 5.41) is 2.99. The highest BCUT2D eigenvalue weighted by Gasteiger charge is 2.11. The standard InChI is InChI=1S/C16H21N3O2/c1-11-10-13(6-8-15(11)19-17)16(20)18-12(2)5-7-14-4-3-9-21-14/h3-4,6,8-10,12,19H,5,7,17H2,1-2H3,(H,18,20). The third kappa shape index (κ3) is 4.10. The molecule has 0 fully saturated rings. The third-order valence-corrected chi connectivity index (χ3v) is 3.43. The molecule has 0 radical (unpaired) electrons. The minimum absolute atomic E-state index is 0.0754. The van der Waals surface area contributed by atoms with Crippen molar-refractivity contribution in [2.75, 3.05) is 5.43 Å². The van der Waals surface area contributed by atoms with Crippen LogP contribution in [0.3, 0.4) is 0 Å². The maximum Gasteiger partial charge on any atom is 0.251 e. The Balaban J connectivity index is 1.89. The van der Waals surface area contributed by atoms with Crippen molar-refractivity contribution in [1.82, 2.24) is 5.32 Å². The van der Waals surface area contributed by atoms with E-state index in [4.69, 9.17) is 10.3 Å². The minimum atomic E-state index is -0.0754. The molecular formula is C16H21N3O2. The van der Waals surface area contributed by atoms with Crippen molar-refractivity contribution in [3.05, 3.63) is 53.5 Å². The number of benzene rings is 1. The number of rotatable bonds is 6. The second-order valence-corrected chi connectivity index (χ2v) is 5.17. The maximum absolute atomic E-state index is 12.2. The zero-order valence-corrected chi connectivity index (χ0v) is 12.3. The van der Waals surface area contributed by atoms with Crippen LogP contribution in [-0.2, 0) is 6.42 Å². The van der Waals surface area contributed by atoms with Crippen molar-refractivity contribution in [2.24, 2.45) is 5.84 Å². The van der Waals surface area contributed by atoms with Crippen LogP contribution in [0.15, 0.2) is 41.0 Å². The van der Waals surface area contributed by atoms with E-state index in [-0.39, 0.29) is 11.9 Å². The minimum Gasteiger partial charge on any atom is -0.469 e. The van der Waals surface area contributed by atoms with Gasteiger partial charge in [-0.3, -0.25) is 10.6 Å². The zero-order chi connectivity index (χ0) is 15.2. The molecule has 1 amide bonds. The fourth-order valence-corrected chi connectivity index (χ4v) is 2.16. The van der Waals surface area contributed by atoms with Gasteiger partial charge in [-0.2, -0.15) is 0 Å². The molecule has 2 rings (SSSR count). The lowest BCUT2D eigenvalue weighted by Crippen LogP contribution is -2.32. The SMILES string of the molecule is Cc1cc(C(=O)NC(C)CCc2ccco2)ccc1NN.